The lowest BCUT2D eigenvalue weighted by atomic mass is 9.49. The number of Topliss-reactive ketones (excluding diaryl/α,β-unsaturated/α-hetero) is 2. The molecular weight excluding hydrogens is 384 g/mol. The van der Waals surface area contributed by atoms with Crippen LogP contribution in [0.5, 0.6) is 0 Å². The van der Waals surface area contributed by atoms with E-state index in [1.165, 1.54) is 26.2 Å². The maximum Gasteiger partial charge on any atom is 0.325 e. The van der Waals surface area contributed by atoms with Gasteiger partial charge in [0.2, 0.25) is 11.7 Å². The van der Waals surface area contributed by atoms with Gasteiger partial charge in [0.15, 0.2) is 12.4 Å². The smallest absolute Gasteiger partial charge is 0.325 e. The molecule has 5 rings (SSSR count). The van der Waals surface area contributed by atoms with Gasteiger partial charge in [-0.2, -0.15) is 0 Å². The molecule has 0 radical (unpaired) electrons. The van der Waals surface area contributed by atoms with Gasteiger partial charge in [-0.3, -0.25) is 19.2 Å². The number of H-pyrrole nitrogens is 1. The molecule has 4 bridgehead atoms. The summed E-state index contributed by atoms with van der Waals surface area (Å²) in [6, 6.07) is 0. The molecular formula is C23H30N2O5. The highest BCUT2D eigenvalue weighted by Gasteiger charge is 2.54. The average Bonchev–Trinajstić information content (AvgIpc) is 2.97. The summed E-state index contributed by atoms with van der Waals surface area (Å²) in [5.41, 5.74) is 1.65. The fourth-order valence-corrected chi connectivity index (χ4v) is 6.55. The predicted molar refractivity (Wildman–Crippen MR) is 109 cm³/mol. The fourth-order valence-electron chi connectivity index (χ4n) is 6.55. The molecule has 1 amide bonds. The Labute approximate surface area is 176 Å². The van der Waals surface area contributed by atoms with Gasteiger partial charge >= 0.3 is 5.97 Å². The van der Waals surface area contributed by atoms with Crippen LogP contribution >= 0.6 is 0 Å². The molecule has 2 N–H and O–H groups in total. The largest absolute Gasteiger partial charge is 0.456 e. The van der Waals surface area contributed by atoms with Crippen LogP contribution in [0, 0.1) is 37.0 Å². The van der Waals surface area contributed by atoms with E-state index < -0.39 is 18.4 Å². The van der Waals surface area contributed by atoms with Crippen LogP contribution in [0.2, 0.25) is 0 Å². The number of aryl methyl sites for hydroxylation is 1. The zero-order valence-electron chi connectivity index (χ0n) is 17.9. The summed E-state index contributed by atoms with van der Waals surface area (Å²) >= 11 is 0. The van der Waals surface area contributed by atoms with Gasteiger partial charge < -0.3 is 15.0 Å². The van der Waals surface area contributed by atoms with Crippen LogP contribution in [-0.2, 0) is 14.3 Å². The zero-order valence-corrected chi connectivity index (χ0v) is 17.9. The quantitative estimate of drug-likeness (QED) is 0.527. The van der Waals surface area contributed by atoms with E-state index in [1.807, 2.05) is 0 Å². The number of ether oxygens (including phenoxy) is 1. The maximum atomic E-state index is 12.9. The average molecular weight is 415 g/mol. The first-order valence-corrected chi connectivity index (χ1v) is 10.9. The van der Waals surface area contributed by atoms with Crippen molar-refractivity contribution in [2.75, 3.05) is 13.2 Å². The molecule has 0 aliphatic heterocycles. The molecule has 30 heavy (non-hydrogen) atoms. The van der Waals surface area contributed by atoms with Crippen LogP contribution in [0.25, 0.3) is 0 Å². The van der Waals surface area contributed by atoms with Crippen LogP contribution < -0.4 is 5.32 Å². The molecule has 0 aromatic carbocycles. The second-order valence-corrected chi connectivity index (χ2v) is 9.65. The summed E-state index contributed by atoms with van der Waals surface area (Å²) < 4.78 is 5.08. The van der Waals surface area contributed by atoms with Crippen molar-refractivity contribution in [2.45, 2.75) is 59.3 Å². The van der Waals surface area contributed by atoms with Crippen molar-refractivity contribution < 1.29 is 23.9 Å². The third-order valence-corrected chi connectivity index (χ3v) is 7.35. The molecule has 1 aromatic heterocycles. The lowest BCUT2D eigenvalue weighted by Gasteiger charge is -2.55. The first-order valence-electron chi connectivity index (χ1n) is 10.9. The summed E-state index contributed by atoms with van der Waals surface area (Å²) in [5, 5.41) is 2.77. The van der Waals surface area contributed by atoms with Crippen LogP contribution in [0.15, 0.2) is 0 Å². The number of hydrogen-bond donors (Lipinski definition) is 2. The number of esters is 1. The molecule has 1 heterocycles. The van der Waals surface area contributed by atoms with Crippen molar-refractivity contribution in [3.63, 3.8) is 0 Å². The molecule has 0 spiro atoms. The highest BCUT2D eigenvalue weighted by molar-refractivity contribution is 6.04. The van der Waals surface area contributed by atoms with Gasteiger partial charge in [-0.05, 0) is 82.6 Å². The van der Waals surface area contributed by atoms with E-state index in [-0.39, 0.29) is 29.3 Å². The number of carbonyl (C=O) groups excluding carboxylic acids is 4. The van der Waals surface area contributed by atoms with E-state index in [9.17, 15) is 19.2 Å². The summed E-state index contributed by atoms with van der Waals surface area (Å²) in [6.45, 7) is 4.22. The van der Waals surface area contributed by atoms with E-state index >= 15 is 0 Å². The Morgan fingerprint density at radius 1 is 1.03 bits per heavy atom. The lowest BCUT2D eigenvalue weighted by Crippen LogP contribution is -2.54. The van der Waals surface area contributed by atoms with Gasteiger partial charge in [-0.1, -0.05) is 0 Å². The summed E-state index contributed by atoms with van der Waals surface area (Å²) in [7, 11) is 0. The van der Waals surface area contributed by atoms with Crippen LogP contribution in [0.3, 0.4) is 0 Å². The Hall–Kier alpha value is -2.44. The lowest BCUT2D eigenvalue weighted by molar-refractivity contribution is -0.150. The molecule has 4 saturated carbocycles. The van der Waals surface area contributed by atoms with Crippen LogP contribution in [-0.4, -0.2) is 41.6 Å². The van der Waals surface area contributed by atoms with Gasteiger partial charge in [0.1, 0.15) is 6.54 Å². The normalized spacial score (nSPS) is 29.0. The predicted octanol–water partition coefficient (Wildman–Crippen LogP) is 2.89. The molecule has 162 valence electrons. The molecule has 0 unspecified atom stereocenters. The van der Waals surface area contributed by atoms with Gasteiger partial charge in [0.05, 0.1) is 5.69 Å². The maximum absolute atomic E-state index is 12.9. The number of nitrogens with one attached hydrogen (secondary N) is 2. The Balaban J connectivity index is 1.29. The van der Waals surface area contributed by atoms with Crippen molar-refractivity contribution in [3.8, 4) is 0 Å². The Kier molecular flexibility index (Phi) is 5.32. The third-order valence-electron chi connectivity index (χ3n) is 7.35. The molecule has 1 aromatic rings. The molecule has 4 aliphatic carbocycles. The number of aromatic nitrogens is 1. The number of rotatable bonds is 7. The van der Waals surface area contributed by atoms with Crippen molar-refractivity contribution in [3.05, 3.63) is 22.5 Å². The fraction of sp³-hybridized carbons (Fsp3) is 0.652. The highest BCUT2D eigenvalue weighted by atomic mass is 16.5. The minimum Gasteiger partial charge on any atom is -0.456 e. The van der Waals surface area contributed by atoms with E-state index in [0.29, 0.717) is 34.6 Å². The van der Waals surface area contributed by atoms with Gasteiger partial charge in [-0.25, -0.2) is 0 Å². The van der Waals surface area contributed by atoms with Crippen molar-refractivity contribution in [1.82, 2.24) is 10.3 Å². The molecule has 7 nitrogen and oxygen atoms in total. The second-order valence-electron chi connectivity index (χ2n) is 9.65. The molecule has 4 aliphatic rings. The van der Waals surface area contributed by atoms with Crippen molar-refractivity contribution >= 4 is 23.4 Å². The number of ketones is 2. The minimum absolute atomic E-state index is 0.0354. The molecule has 4 fully saturated rings. The highest BCUT2D eigenvalue weighted by Crippen LogP contribution is 2.60. The van der Waals surface area contributed by atoms with E-state index in [4.69, 9.17) is 4.74 Å². The molecule has 7 heteroatoms. The SMILES string of the molecule is CC(=O)c1c(C)[nH]c(C(=O)COC(=O)CNC(=O)C23CC4CC(CC(C4)C2)C3)c1C. The first-order chi connectivity index (χ1) is 14.2. The monoisotopic (exact) mass is 414 g/mol. The standard InChI is InChI=1S/C23H30N2O5/c1-12-20(14(3)26)13(2)25-21(12)18(27)11-30-19(28)10-24-22(29)23-7-15-4-16(8-23)6-17(5-15)9-23/h15-17,25H,4-11H2,1-3H3,(H,24,29). The first kappa shape index (κ1) is 20.8. The van der Waals surface area contributed by atoms with E-state index in [1.54, 1.807) is 13.8 Å². The van der Waals surface area contributed by atoms with E-state index in [2.05, 4.69) is 10.3 Å². The van der Waals surface area contributed by atoms with Crippen molar-refractivity contribution in [1.29, 1.82) is 0 Å². The minimum atomic E-state index is -0.630. The topological polar surface area (TPSA) is 105 Å². The van der Waals surface area contributed by atoms with Crippen LogP contribution in [0.1, 0.15) is 77.6 Å². The van der Waals surface area contributed by atoms with Gasteiger partial charge in [0, 0.05) is 16.7 Å². The molecule has 0 saturated heterocycles. The van der Waals surface area contributed by atoms with Gasteiger partial charge in [-0.15, -0.1) is 0 Å². The second kappa shape index (κ2) is 7.67. The van der Waals surface area contributed by atoms with E-state index in [0.717, 1.165) is 19.3 Å². The summed E-state index contributed by atoms with van der Waals surface area (Å²) in [4.78, 5) is 52.0. The number of amides is 1. The number of aromatic amines is 1. The summed E-state index contributed by atoms with van der Waals surface area (Å²) in [6.07, 6.45) is 6.55. The number of carbonyl (C=O) groups is 4. The Bertz CT molecular complexity index is 878. The zero-order chi connectivity index (χ0) is 21.6. The van der Waals surface area contributed by atoms with Crippen molar-refractivity contribution in [2.24, 2.45) is 23.2 Å². The Morgan fingerprint density at radius 2 is 1.60 bits per heavy atom. The third kappa shape index (κ3) is 3.70. The van der Waals surface area contributed by atoms with Crippen LogP contribution in [0.4, 0.5) is 0 Å². The molecule has 0 atom stereocenters. The Morgan fingerprint density at radius 3 is 2.10 bits per heavy atom. The summed E-state index contributed by atoms with van der Waals surface area (Å²) in [5.74, 6) is 0.770. The van der Waals surface area contributed by atoms with Gasteiger partial charge in [0.25, 0.3) is 0 Å². The number of hydrogen-bond acceptors (Lipinski definition) is 5.